The lowest BCUT2D eigenvalue weighted by atomic mass is 9.98. The van der Waals surface area contributed by atoms with Crippen LogP contribution in [0, 0.1) is 0 Å². The molecule has 3 saturated heterocycles. The molecule has 2 N–H and O–H groups in total. The Morgan fingerprint density at radius 2 is 1.80 bits per heavy atom. The number of hydrogen-bond acceptors (Lipinski definition) is 3. The molecule has 3 aliphatic rings. The van der Waals surface area contributed by atoms with E-state index in [-0.39, 0.29) is 0 Å². The summed E-state index contributed by atoms with van der Waals surface area (Å²) in [6.07, 6.45) is 2.26. The summed E-state index contributed by atoms with van der Waals surface area (Å²) >= 11 is 0. The van der Waals surface area contributed by atoms with E-state index in [4.69, 9.17) is 10.5 Å². The van der Waals surface area contributed by atoms with Crippen LogP contribution in [-0.4, -0.2) is 30.2 Å². The lowest BCUT2D eigenvalue weighted by molar-refractivity contribution is -0.182. The zero-order valence-electron chi connectivity index (χ0n) is 8.73. The Labute approximate surface area is 89.8 Å². The molecule has 1 aromatic rings. The number of nitrogens with two attached hydrogens (primary N) is 1. The number of ether oxygens (including phenoxy) is 1. The molecule has 2 atom stereocenters. The second kappa shape index (κ2) is 3.51. The first-order valence-electron chi connectivity index (χ1n) is 5.52. The first kappa shape index (κ1) is 9.19. The molecule has 0 aliphatic carbocycles. The molecule has 2 bridgehead atoms. The zero-order chi connectivity index (χ0) is 10.3. The standard InChI is InChI=1S/C12H16N2O/c13-10-3-1-9(2-4-10)6-14-7-11-5-12(8-14)15-11/h1-4,11-12H,5-8,13H2. The van der Waals surface area contributed by atoms with Crippen LogP contribution in [-0.2, 0) is 11.3 Å². The summed E-state index contributed by atoms with van der Waals surface area (Å²) in [7, 11) is 0. The first-order valence-corrected chi connectivity index (χ1v) is 5.52. The van der Waals surface area contributed by atoms with Crippen LogP contribution in [0.5, 0.6) is 0 Å². The molecule has 0 saturated carbocycles. The summed E-state index contributed by atoms with van der Waals surface area (Å²) in [4.78, 5) is 2.47. The number of nitrogen functional groups attached to an aromatic ring is 1. The van der Waals surface area contributed by atoms with E-state index in [1.54, 1.807) is 0 Å². The number of hydrogen-bond donors (Lipinski definition) is 1. The highest BCUT2D eigenvalue weighted by Crippen LogP contribution is 2.28. The van der Waals surface area contributed by atoms with Gasteiger partial charge in [-0.1, -0.05) is 12.1 Å². The van der Waals surface area contributed by atoms with Gasteiger partial charge >= 0.3 is 0 Å². The van der Waals surface area contributed by atoms with E-state index in [1.165, 1.54) is 12.0 Å². The van der Waals surface area contributed by atoms with Crippen molar-refractivity contribution in [3.05, 3.63) is 29.8 Å². The fourth-order valence-corrected chi connectivity index (χ4v) is 2.45. The molecule has 0 amide bonds. The van der Waals surface area contributed by atoms with Gasteiger partial charge in [0.25, 0.3) is 0 Å². The van der Waals surface area contributed by atoms with Crippen LogP contribution in [0.4, 0.5) is 5.69 Å². The normalized spacial score (nSPS) is 29.9. The fraction of sp³-hybridized carbons (Fsp3) is 0.500. The van der Waals surface area contributed by atoms with E-state index in [0.29, 0.717) is 12.2 Å². The second-order valence-corrected chi connectivity index (χ2v) is 4.55. The number of benzene rings is 1. The number of morpholine rings is 1. The predicted molar refractivity (Wildman–Crippen MR) is 59.4 cm³/mol. The molecule has 0 radical (unpaired) electrons. The molecule has 3 fully saturated rings. The molecule has 3 heteroatoms. The lowest BCUT2D eigenvalue weighted by Crippen LogP contribution is -2.56. The maximum Gasteiger partial charge on any atom is 0.0731 e. The van der Waals surface area contributed by atoms with Gasteiger partial charge < -0.3 is 10.5 Å². The molecule has 0 aromatic heterocycles. The van der Waals surface area contributed by atoms with Crippen LogP contribution in [0.15, 0.2) is 24.3 Å². The van der Waals surface area contributed by atoms with Gasteiger partial charge in [-0.25, -0.2) is 0 Å². The summed E-state index contributed by atoms with van der Waals surface area (Å²) < 4.78 is 5.60. The molecule has 2 unspecified atom stereocenters. The number of piperidine rings is 1. The van der Waals surface area contributed by atoms with E-state index in [1.807, 2.05) is 12.1 Å². The van der Waals surface area contributed by atoms with Crippen molar-refractivity contribution in [1.29, 1.82) is 0 Å². The van der Waals surface area contributed by atoms with E-state index in [9.17, 15) is 0 Å². The molecule has 80 valence electrons. The summed E-state index contributed by atoms with van der Waals surface area (Å²) in [6.45, 7) is 3.19. The second-order valence-electron chi connectivity index (χ2n) is 4.55. The van der Waals surface area contributed by atoms with Crippen LogP contribution < -0.4 is 5.73 Å². The Kier molecular flexibility index (Phi) is 2.15. The molecule has 0 spiro atoms. The number of fused-ring (bicyclic) bond motifs is 2. The molecule has 15 heavy (non-hydrogen) atoms. The Morgan fingerprint density at radius 1 is 1.20 bits per heavy atom. The minimum absolute atomic E-state index is 0.498. The van der Waals surface area contributed by atoms with Gasteiger partial charge in [0.1, 0.15) is 0 Å². The van der Waals surface area contributed by atoms with Crippen molar-refractivity contribution in [2.75, 3.05) is 18.8 Å². The average Bonchev–Trinajstić information content (AvgIpc) is 2.21. The van der Waals surface area contributed by atoms with Crippen LogP contribution in [0.1, 0.15) is 12.0 Å². The maximum absolute atomic E-state index is 5.66. The highest BCUT2D eigenvalue weighted by atomic mass is 16.5. The third-order valence-corrected chi connectivity index (χ3v) is 3.22. The number of rotatable bonds is 2. The number of anilines is 1. The monoisotopic (exact) mass is 204 g/mol. The molecule has 3 nitrogen and oxygen atoms in total. The first-order chi connectivity index (χ1) is 7.29. The number of nitrogens with zero attached hydrogens (tertiary/aromatic N) is 1. The third-order valence-electron chi connectivity index (χ3n) is 3.22. The van der Waals surface area contributed by atoms with Crippen LogP contribution in [0.3, 0.4) is 0 Å². The Morgan fingerprint density at radius 3 is 2.40 bits per heavy atom. The van der Waals surface area contributed by atoms with Crippen LogP contribution in [0.25, 0.3) is 0 Å². The highest BCUT2D eigenvalue weighted by molar-refractivity contribution is 5.39. The largest absolute Gasteiger partial charge is 0.399 e. The van der Waals surface area contributed by atoms with E-state index in [0.717, 1.165) is 25.3 Å². The van der Waals surface area contributed by atoms with Gasteiger partial charge in [0.05, 0.1) is 12.2 Å². The van der Waals surface area contributed by atoms with Crippen molar-refractivity contribution >= 4 is 5.69 Å². The molecule has 3 heterocycles. The van der Waals surface area contributed by atoms with E-state index in [2.05, 4.69) is 17.0 Å². The lowest BCUT2D eigenvalue weighted by Gasteiger charge is -2.47. The molecular formula is C12H16N2O. The third kappa shape index (κ3) is 1.85. The van der Waals surface area contributed by atoms with Gasteiger partial charge in [-0.2, -0.15) is 0 Å². The van der Waals surface area contributed by atoms with Crippen molar-refractivity contribution in [2.45, 2.75) is 25.2 Å². The Hall–Kier alpha value is -1.06. The Bertz CT molecular complexity index is 333. The average molecular weight is 204 g/mol. The van der Waals surface area contributed by atoms with Crippen molar-refractivity contribution in [2.24, 2.45) is 0 Å². The Balaban J connectivity index is 1.63. The van der Waals surface area contributed by atoms with Gasteiger partial charge in [-0.3, -0.25) is 4.90 Å². The summed E-state index contributed by atoms with van der Waals surface area (Å²) in [5.74, 6) is 0. The molecule has 3 aliphatic heterocycles. The summed E-state index contributed by atoms with van der Waals surface area (Å²) in [6, 6.07) is 8.15. The van der Waals surface area contributed by atoms with E-state index < -0.39 is 0 Å². The highest BCUT2D eigenvalue weighted by Gasteiger charge is 2.37. The van der Waals surface area contributed by atoms with Crippen LogP contribution >= 0.6 is 0 Å². The molecule has 1 aromatic carbocycles. The van der Waals surface area contributed by atoms with Gasteiger partial charge in [0, 0.05) is 31.7 Å². The van der Waals surface area contributed by atoms with Crippen molar-refractivity contribution in [3.8, 4) is 0 Å². The summed E-state index contributed by atoms with van der Waals surface area (Å²) in [5.41, 5.74) is 7.83. The van der Waals surface area contributed by atoms with Gasteiger partial charge in [-0.05, 0) is 17.7 Å². The quantitative estimate of drug-likeness (QED) is 0.737. The fourth-order valence-electron chi connectivity index (χ4n) is 2.45. The molecular weight excluding hydrogens is 188 g/mol. The van der Waals surface area contributed by atoms with Gasteiger partial charge in [-0.15, -0.1) is 0 Å². The van der Waals surface area contributed by atoms with Crippen LogP contribution in [0.2, 0.25) is 0 Å². The minimum Gasteiger partial charge on any atom is -0.399 e. The minimum atomic E-state index is 0.498. The zero-order valence-corrected chi connectivity index (χ0v) is 8.73. The molecule has 4 rings (SSSR count). The predicted octanol–water partition coefficient (Wildman–Crippen LogP) is 1.24. The summed E-state index contributed by atoms with van der Waals surface area (Å²) in [5, 5.41) is 0. The van der Waals surface area contributed by atoms with Gasteiger partial charge in [0.2, 0.25) is 0 Å². The van der Waals surface area contributed by atoms with Gasteiger partial charge in [0.15, 0.2) is 0 Å². The SMILES string of the molecule is Nc1ccc(CN2CC3CC(C2)O3)cc1. The smallest absolute Gasteiger partial charge is 0.0731 e. The topological polar surface area (TPSA) is 38.5 Å². The maximum atomic E-state index is 5.66. The van der Waals surface area contributed by atoms with Crippen molar-refractivity contribution in [1.82, 2.24) is 4.90 Å². The van der Waals surface area contributed by atoms with Crippen molar-refractivity contribution < 1.29 is 4.74 Å². The van der Waals surface area contributed by atoms with E-state index >= 15 is 0 Å². The van der Waals surface area contributed by atoms with Crippen molar-refractivity contribution in [3.63, 3.8) is 0 Å².